The molecule has 2 heterocycles. The van der Waals surface area contributed by atoms with E-state index in [0.29, 0.717) is 12.7 Å². The van der Waals surface area contributed by atoms with Gasteiger partial charge >= 0.3 is 0 Å². The van der Waals surface area contributed by atoms with Gasteiger partial charge in [-0.2, -0.15) is 0 Å². The average Bonchev–Trinajstić information content (AvgIpc) is 3.43. The van der Waals surface area contributed by atoms with E-state index in [1.165, 1.54) is 77.0 Å². The molecule has 0 saturated carbocycles. The predicted octanol–water partition coefficient (Wildman–Crippen LogP) is 5.49. The number of unbranched alkanes of at least 4 members (excludes halogenated alkanes) is 12. The molecule has 0 amide bonds. The summed E-state index contributed by atoms with van der Waals surface area (Å²) in [4.78, 5) is 0. The molecule has 2 fully saturated rings. The summed E-state index contributed by atoms with van der Waals surface area (Å²) >= 11 is 0. The van der Waals surface area contributed by atoms with Crippen molar-refractivity contribution >= 4 is 0 Å². The highest BCUT2D eigenvalue weighted by atomic mass is 16.6. The second-order valence-corrected chi connectivity index (χ2v) is 6.72. The number of aliphatic hydroxyl groups is 1. The molecule has 3 nitrogen and oxygen atoms in total. The number of aliphatic hydroxyl groups excluding tert-OH is 1. The molecule has 140 valence electrons. The fourth-order valence-electron chi connectivity index (χ4n) is 2.23. The highest BCUT2D eigenvalue weighted by Gasteiger charge is 2.13. The van der Waals surface area contributed by atoms with Crippen molar-refractivity contribution in [3.63, 3.8) is 0 Å². The lowest BCUT2D eigenvalue weighted by Crippen LogP contribution is -1.84. The lowest BCUT2D eigenvalue weighted by Gasteiger charge is -2.02. The summed E-state index contributed by atoms with van der Waals surface area (Å²) in [5.74, 6) is 0. The van der Waals surface area contributed by atoms with Crippen LogP contribution in [0, 0.1) is 0 Å². The molecule has 0 aromatic carbocycles. The maximum absolute atomic E-state index is 8.63. The van der Waals surface area contributed by atoms with Crippen LogP contribution in [-0.4, -0.2) is 37.6 Å². The van der Waals surface area contributed by atoms with E-state index in [4.69, 9.17) is 9.84 Å². The van der Waals surface area contributed by atoms with Crippen LogP contribution in [0.5, 0.6) is 0 Å². The normalized spacial score (nSPS) is 17.6. The van der Waals surface area contributed by atoms with Crippen LogP contribution < -0.4 is 0 Å². The summed E-state index contributed by atoms with van der Waals surface area (Å²) in [5, 5.41) is 8.63. The van der Waals surface area contributed by atoms with Crippen molar-refractivity contribution in [1.82, 2.24) is 0 Å². The van der Waals surface area contributed by atoms with Gasteiger partial charge in [0.15, 0.2) is 0 Å². The van der Waals surface area contributed by atoms with Crippen molar-refractivity contribution in [2.45, 2.75) is 103 Å². The Morgan fingerprint density at radius 3 is 1.26 bits per heavy atom. The topological polar surface area (TPSA) is 45.3 Å². The van der Waals surface area contributed by atoms with E-state index >= 15 is 0 Å². The Morgan fingerprint density at radius 1 is 0.739 bits per heavy atom. The van der Waals surface area contributed by atoms with Crippen molar-refractivity contribution in [2.75, 3.05) is 26.4 Å². The molecule has 23 heavy (non-hydrogen) atoms. The molecule has 2 saturated heterocycles. The number of ether oxygens (including phenoxy) is 2. The van der Waals surface area contributed by atoms with Crippen LogP contribution in [0.3, 0.4) is 0 Å². The van der Waals surface area contributed by atoms with E-state index in [1.807, 2.05) is 0 Å². The Hall–Kier alpha value is -0.120. The molecule has 1 unspecified atom stereocenters. The summed E-state index contributed by atoms with van der Waals surface area (Å²) in [6.07, 6.45) is 18.3. The molecule has 1 atom stereocenters. The Kier molecular flexibility index (Phi) is 19.8. The fourth-order valence-corrected chi connectivity index (χ4v) is 2.23. The first-order chi connectivity index (χ1) is 11.3. The van der Waals surface area contributed by atoms with Crippen LogP contribution in [-0.2, 0) is 9.47 Å². The molecular formula is C20H42O3. The largest absolute Gasteiger partial charge is 0.396 e. The van der Waals surface area contributed by atoms with Gasteiger partial charge in [0, 0.05) is 6.61 Å². The van der Waals surface area contributed by atoms with Gasteiger partial charge in [-0.15, -0.1) is 0 Å². The lowest BCUT2D eigenvalue weighted by atomic mass is 10.0. The van der Waals surface area contributed by atoms with Gasteiger partial charge in [0.05, 0.1) is 25.9 Å². The van der Waals surface area contributed by atoms with Crippen LogP contribution in [0.25, 0.3) is 0 Å². The van der Waals surface area contributed by atoms with Gasteiger partial charge in [-0.3, -0.25) is 0 Å². The zero-order valence-corrected chi connectivity index (χ0v) is 15.9. The molecule has 3 heteroatoms. The van der Waals surface area contributed by atoms with E-state index in [-0.39, 0.29) is 0 Å². The minimum Gasteiger partial charge on any atom is -0.396 e. The quantitative estimate of drug-likeness (QED) is 0.358. The Bertz CT molecular complexity index is 186. The fraction of sp³-hybridized carbons (Fsp3) is 1.00. The highest BCUT2D eigenvalue weighted by Crippen LogP contribution is 2.12. The van der Waals surface area contributed by atoms with Gasteiger partial charge in [-0.25, -0.2) is 0 Å². The highest BCUT2D eigenvalue weighted by molar-refractivity contribution is 4.58. The third-order valence-corrected chi connectivity index (χ3v) is 3.97. The molecule has 2 aliphatic heterocycles. The lowest BCUT2D eigenvalue weighted by molar-refractivity contribution is 0.282. The maximum atomic E-state index is 8.63. The first kappa shape index (κ1) is 22.9. The van der Waals surface area contributed by atoms with Crippen molar-refractivity contribution in [2.24, 2.45) is 0 Å². The standard InChI is InChI=1S/C15H32O.C3H6O.C2H4O/c1-2-3-4-5-6-7-8-9-10-11-12-13-14-15-16;1-3-2-4-3;1-2-3-1/h16H,2-15H2,1H3;3H,2H2,1H3;1-2H2. The van der Waals surface area contributed by atoms with Crippen molar-refractivity contribution in [3.8, 4) is 0 Å². The van der Waals surface area contributed by atoms with Crippen LogP contribution >= 0.6 is 0 Å². The first-order valence-electron chi connectivity index (χ1n) is 10.1. The van der Waals surface area contributed by atoms with E-state index in [9.17, 15) is 0 Å². The SMILES string of the molecule is C1CO1.CC1CO1.CCCCCCCCCCCCCCCO. The maximum Gasteiger partial charge on any atom is 0.0781 e. The average molecular weight is 331 g/mol. The van der Waals surface area contributed by atoms with Gasteiger partial charge < -0.3 is 14.6 Å². The minimum atomic E-state index is 0.373. The second-order valence-electron chi connectivity index (χ2n) is 6.72. The van der Waals surface area contributed by atoms with Gasteiger partial charge in [-0.1, -0.05) is 84.0 Å². The van der Waals surface area contributed by atoms with Crippen LogP contribution in [0.4, 0.5) is 0 Å². The number of hydrogen-bond donors (Lipinski definition) is 1. The van der Waals surface area contributed by atoms with Crippen molar-refractivity contribution in [1.29, 1.82) is 0 Å². The smallest absolute Gasteiger partial charge is 0.0781 e. The molecule has 0 aromatic rings. The van der Waals surface area contributed by atoms with Crippen LogP contribution in [0.15, 0.2) is 0 Å². The van der Waals surface area contributed by atoms with Crippen LogP contribution in [0.1, 0.15) is 97.3 Å². The number of rotatable bonds is 13. The molecule has 0 bridgehead atoms. The van der Waals surface area contributed by atoms with E-state index < -0.39 is 0 Å². The number of hydrogen-bond acceptors (Lipinski definition) is 3. The second kappa shape index (κ2) is 19.9. The molecule has 0 radical (unpaired) electrons. The Labute approximate surface area is 145 Å². The monoisotopic (exact) mass is 330 g/mol. The molecule has 0 aliphatic carbocycles. The third kappa shape index (κ3) is 30.3. The molecule has 0 aromatic heterocycles. The Morgan fingerprint density at radius 2 is 1.04 bits per heavy atom. The number of epoxide rings is 2. The molecule has 1 N–H and O–H groups in total. The van der Waals surface area contributed by atoms with Crippen molar-refractivity contribution < 1.29 is 14.6 Å². The van der Waals surface area contributed by atoms with Crippen LogP contribution in [0.2, 0.25) is 0 Å². The predicted molar refractivity (Wildman–Crippen MR) is 99.0 cm³/mol. The van der Waals surface area contributed by atoms with Gasteiger partial charge in [0.2, 0.25) is 0 Å². The first-order valence-corrected chi connectivity index (χ1v) is 10.1. The molecular weight excluding hydrogens is 288 g/mol. The van der Waals surface area contributed by atoms with Gasteiger partial charge in [0.25, 0.3) is 0 Å². The summed E-state index contributed by atoms with van der Waals surface area (Å²) in [7, 11) is 0. The summed E-state index contributed by atoms with van der Waals surface area (Å²) in [6.45, 7) is 7.69. The molecule has 2 aliphatic rings. The van der Waals surface area contributed by atoms with Crippen molar-refractivity contribution in [3.05, 3.63) is 0 Å². The molecule has 0 spiro atoms. The third-order valence-electron chi connectivity index (χ3n) is 3.97. The van der Waals surface area contributed by atoms with Gasteiger partial charge in [0.1, 0.15) is 0 Å². The molecule has 2 rings (SSSR count). The summed E-state index contributed by atoms with van der Waals surface area (Å²) in [5.41, 5.74) is 0. The summed E-state index contributed by atoms with van der Waals surface area (Å²) < 4.78 is 9.21. The summed E-state index contributed by atoms with van der Waals surface area (Å²) in [6, 6.07) is 0. The Balaban J connectivity index is 0.000000551. The zero-order chi connectivity index (χ0) is 17.0. The minimum absolute atomic E-state index is 0.373. The van der Waals surface area contributed by atoms with E-state index in [1.54, 1.807) is 0 Å². The van der Waals surface area contributed by atoms with Gasteiger partial charge in [-0.05, 0) is 13.3 Å². The zero-order valence-electron chi connectivity index (χ0n) is 15.9. The van der Waals surface area contributed by atoms with E-state index in [2.05, 4.69) is 18.6 Å². The van der Waals surface area contributed by atoms with E-state index in [0.717, 1.165) is 26.2 Å².